The van der Waals surface area contributed by atoms with E-state index >= 15 is 0 Å². The topological polar surface area (TPSA) is 62.3 Å². The fourth-order valence-electron chi connectivity index (χ4n) is 4.08. The van der Waals surface area contributed by atoms with Crippen LogP contribution in [0.5, 0.6) is 0 Å². The van der Waals surface area contributed by atoms with Crippen molar-refractivity contribution in [3.05, 3.63) is 83.9 Å². The van der Waals surface area contributed by atoms with Gasteiger partial charge in [0.2, 0.25) is 11.8 Å². The maximum Gasteiger partial charge on any atom is 0.241 e. The number of benzene rings is 3. The third kappa shape index (κ3) is 3.67. The van der Waals surface area contributed by atoms with E-state index in [9.17, 15) is 9.59 Å². The van der Waals surface area contributed by atoms with E-state index in [1.165, 1.54) is 16.9 Å². The van der Waals surface area contributed by atoms with E-state index in [2.05, 4.69) is 31.3 Å². The number of thiazole rings is 1. The van der Waals surface area contributed by atoms with Gasteiger partial charge in [-0.3, -0.25) is 14.5 Å². The molecular weight excluding hydrogens is 418 g/mol. The molecule has 2 amide bonds. The van der Waals surface area contributed by atoms with Crippen molar-refractivity contribution >= 4 is 49.9 Å². The average Bonchev–Trinajstić information content (AvgIpc) is 3.22. The number of aromatic nitrogens is 1. The van der Waals surface area contributed by atoms with Crippen LogP contribution < -0.4 is 10.2 Å². The average molecular weight is 442 g/mol. The largest absolute Gasteiger partial charge is 0.326 e. The molecule has 0 saturated carbocycles. The molecular formula is C26H23N3O2S. The van der Waals surface area contributed by atoms with Crippen molar-refractivity contribution in [1.29, 1.82) is 0 Å². The number of para-hydroxylation sites is 2. The zero-order valence-corrected chi connectivity index (χ0v) is 18.7. The van der Waals surface area contributed by atoms with Crippen LogP contribution in [0.4, 0.5) is 16.5 Å². The summed E-state index contributed by atoms with van der Waals surface area (Å²) in [6, 6.07) is 23.4. The minimum Gasteiger partial charge on any atom is -0.326 e. The van der Waals surface area contributed by atoms with Gasteiger partial charge in [-0.05, 0) is 47.4 Å². The van der Waals surface area contributed by atoms with E-state index in [-0.39, 0.29) is 18.2 Å². The van der Waals surface area contributed by atoms with Crippen LogP contribution in [0.1, 0.15) is 43.2 Å². The molecule has 5 rings (SSSR count). The SMILES string of the molecule is CC(C)c1ccc(N(C(=O)C2CC(=O)Nc3ccccc32)c2nc3ccccc3s2)cc1. The number of fused-ring (bicyclic) bond motifs is 2. The fourth-order valence-corrected chi connectivity index (χ4v) is 5.08. The van der Waals surface area contributed by atoms with E-state index in [4.69, 9.17) is 4.98 Å². The normalized spacial score (nSPS) is 15.5. The number of nitrogens with zero attached hydrogens (tertiary/aromatic N) is 2. The Kier molecular flexibility index (Phi) is 5.23. The smallest absolute Gasteiger partial charge is 0.241 e. The maximum absolute atomic E-state index is 14.0. The highest BCUT2D eigenvalue weighted by atomic mass is 32.1. The lowest BCUT2D eigenvalue weighted by Gasteiger charge is -2.29. The van der Waals surface area contributed by atoms with Crippen LogP contribution in [0.15, 0.2) is 72.8 Å². The molecule has 0 fully saturated rings. The molecule has 1 unspecified atom stereocenters. The summed E-state index contributed by atoms with van der Waals surface area (Å²) in [5, 5.41) is 3.49. The minimum atomic E-state index is -0.572. The number of nitrogens with one attached hydrogen (secondary N) is 1. The molecule has 0 spiro atoms. The van der Waals surface area contributed by atoms with Crippen molar-refractivity contribution in [2.75, 3.05) is 10.2 Å². The number of rotatable bonds is 4. The number of carbonyl (C=O) groups is 2. The third-order valence-electron chi connectivity index (χ3n) is 5.81. The number of amides is 2. The first-order chi connectivity index (χ1) is 15.5. The Hall–Kier alpha value is -3.51. The molecule has 2 heterocycles. The predicted octanol–water partition coefficient (Wildman–Crippen LogP) is 6.21. The minimum absolute atomic E-state index is 0.112. The van der Waals surface area contributed by atoms with Gasteiger partial charge in [-0.25, -0.2) is 4.98 Å². The Morgan fingerprint density at radius 1 is 1.03 bits per heavy atom. The molecule has 4 aromatic rings. The van der Waals surface area contributed by atoms with Crippen LogP contribution >= 0.6 is 11.3 Å². The summed E-state index contributed by atoms with van der Waals surface area (Å²) in [5.41, 5.74) is 4.34. The molecule has 6 heteroatoms. The van der Waals surface area contributed by atoms with Gasteiger partial charge in [-0.1, -0.05) is 67.6 Å². The Balaban J connectivity index is 1.62. The van der Waals surface area contributed by atoms with Gasteiger partial charge >= 0.3 is 0 Å². The second kappa shape index (κ2) is 8.20. The van der Waals surface area contributed by atoms with Crippen LogP contribution in [-0.4, -0.2) is 16.8 Å². The summed E-state index contributed by atoms with van der Waals surface area (Å²) < 4.78 is 1.01. The number of hydrogen-bond donors (Lipinski definition) is 1. The van der Waals surface area contributed by atoms with Crippen LogP contribution in [-0.2, 0) is 9.59 Å². The lowest BCUT2D eigenvalue weighted by molar-refractivity contribution is -0.124. The van der Waals surface area contributed by atoms with E-state index in [1.807, 2.05) is 60.7 Å². The van der Waals surface area contributed by atoms with Gasteiger partial charge in [0.25, 0.3) is 0 Å². The molecule has 1 atom stereocenters. The van der Waals surface area contributed by atoms with Crippen molar-refractivity contribution in [3.63, 3.8) is 0 Å². The molecule has 0 radical (unpaired) electrons. The molecule has 1 aromatic heterocycles. The number of anilines is 3. The lowest BCUT2D eigenvalue weighted by Crippen LogP contribution is -2.36. The molecule has 1 aliphatic rings. The van der Waals surface area contributed by atoms with Crippen molar-refractivity contribution in [2.45, 2.75) is 32.1 Å². The maximum atomic E-state index is 14.0. The second-order valence-electron chi connectivity index (χ2n) is 8.28. The van der Waals surface area contributed by atoms with Crippen molar-refractivity contribution in [1.82, 2.24) is 4.98 Å². The predicted molar refractivity (Wildman–Crippen MR) is 130 cm³/mol. The van der Waals surface area contributed by atoms with Gasteiger partial charge in [0.1, 0.15) is 0 Å². The van der Waals surface area contributed by atoms with E-state index < -0.39 is 5.92 Å². The van der Waals surface area contributed by atoms with Gasteiger partial charge in [0, 0.05) is 12.1 Å². The molecule has 32 heavy (non-hydrogen) atoms. The quantitative estimate of drug-likeness (QED) is 0.409. The van der Waals surface area contributed by atoms with Crippen LogP contribution in [0.2, 0.25) is 0 Å². The van der Waals surface area contributed by atoms with Crippen LogP contribution in [0.25, 0.3) is 10.2 Å². The molecule has 0 bridgehead atoms. The molecule has 1 aliphatic heterocycles. The molecule has 5 nitrogen and oxygen atoms in total. The summed E-state index contributed by atoms with van der Waals surface area (Å²) in [4.78, 5) is 32.9. The second-order valence-corrected chi connectivity index (χ2v) is 9.29. The number of hydrogen-bond acceptors (Lipinski definition) is 4. The first-order valence-electron chi connectivity index (χ1n) is 10.7. The van der Waals surface area contributed by atoms with Crippen molar-refractivity contribution in [2.24, 2.45) is 0 Å². The first-order valence-corrected chi connectivity index (χ1v) is 11.5. The van der Waals surface area contributed by atoms with E-state index in [0.717, 1.165) is 21.5 Å². The highest BCUT2D eigenvalue weighted by Gasteiger charge is 2.35. The Labute approximate surface area is 190 Å². The highest BCUT2D eigenvalue weighted by molar-refractivity contribution is 7.22. The summed E-state index contributed by atoms with van der Waals surface area (Å²) >= 11 is 1.48. The Morgan fingerprint density at radius 3 is 2.50 bits per heavy atom. The standard InChI is InChI=1S/C26H23N3O2S/c1-16(2)17-11-13-18(14-12-17)29(26-28-22-9-5-6-10-23(22)32-26)25(31)20-15-24(30)27-21-8-4-3-7-19(20)21/h3-14,16,20H,15H2,1-2H3,(H,27,30). The molecule has 1 N–H and O–H groups in total. The zero-order valence-electron chi connectivity index (χ0n) is 17.9. The van der Waals surface area contributed by atoms with Gasteiger partial charge in [-0.15, -0.1) is 0 Å². The Morgan fingerprint density at radius 2 is 1.75 bits per heavy atom. The van der Waals surface area contributed by atoms with E-state index in [0.29, 0.717) is 16.7 Å². The summed E-state index contributed by atoms with van der Waals surface area (Å²) in [5.74, 6) is -0.480. The van der Waals surface area contributed by atoms with E-state index in [1.54, 1.807) is 4.90 Å². The monoisotopic (exact) mass is 441 g/mol. The molecule has 0 saturated heterocycles. The first kappa shape index (κ1) is 20.4. The van der Waals surface area contributed by atoms with Gasteiger partial charge in [0.15, 0.2) is 5.13 Å². The van der Waals surface area contributed by atoms with Gasteiger partial charge < -0.3 is 5.32 Å². The molecule has 160 valence electrons. The summed E-state index contributed by atoms with van der Waals surface area (Å²) in [7, 11) is 0. The van der Waals surface area contributed by atoms with Crippen LogP contribution in [0, 0.1) is 0 Å². The van der Waals surface area contributed by atoms with Crippen molar-refractivity contribution < 1.29 is 9.59 Å². The molecule has 0 aliphatic carbocycles. The van der Waals surface area contributed by atoms with Gasteiger partial charge in [-0.2, -0.15) is 0 Å². The fraction of sp³-hybridized carbons (Fsp3) is 0.192. The summed E-state index contributed by atoms with van der Waals surface area (Å²) in [6.45, 7) is 4.28. The number of carbonyl (C=O) groups excluding carboxylic acids is 2. The van der Waals surface area contributed by atoms with Crippen LogP contribution in [0.3, 0.4) is 0 Å². The Bertz CT molecular complexity index is 1280. The lowest BCUT2D eigenvalue weighted by atomic mass is 9.89. The zero-order chi connectivity index (χ0) is 22.2. The van der Waals surface area contributed by atoms with Crippen molar-refractivity contribution in [3.8, 4) is 0 Å². The van der Waals surface area contributed by atoms with Gasteiger partial charge in [0.05, 0.1) is 21.8 Å². The summed E-state index contributed by atoms with van der Waals surface area (Å²) in [6.07, 6.45) is 0.112. The highest BCUT2D eigenvalue weighted by Crippen LogP contribution is 2.39. The third-order valence-corrected chi connectivity index (χ3v) is 6.83. The molecule has 3 aromatic carbocycles.